The maximum absolute atomic E-state index is 4.60. The van der Waals surface area contributed by atoms with E-state index in [2.05, 4.69) is 53.9 Å². The van der Waals surface area contributed by atoms with Crippen LogP contribution in [0.4, 0.5) is 0 Å². The van der Waals surface area contributed by atoms with Crippen LogP contribution in [0.25, 0.3) is 0 Å². The average molecular weight is 290 g/mol. The number of benzene rings is 1. The Kier molecular flexibility index (Phi) is 3.91. The lowest BCUT2D eigenvalue weighted by Crippen LogP contribution is -2.34. The van der Waals surface area contributed by atoms with Crippen LogP contribution in [0.1, 0.15) is 22.2 Å². The molecule has 2 nitrogen and oxygen atoms in total. The molecule has 2 heterocycles. The number of hydrogen-bond donors (Lipinski definition) is 1. The Hall–Kier alpha value is -0.840. The summed E-state index contributed by atoms with van der Waals surface area (Å²) in [6.07, 6.45) is 1.02. The van der Waals surface area contributed by atoms with Gasteiger partial charge in [0, 0.05) is 40.1 Å². The first kappa shape index (κ1) is 13.2. The Labute approximate surface area is 122 Å². The molecule has 0 spiro atoms. The van der Waals surface area contributed by atoms with E-state index in [1.807, 2.05) is 11.8 Å². The van der Waals surface area contributed by atoms with Crippen LogP contribution in [0.2, 0.25) is 0 Å². The minimum atomic E-state index is 0.474. The number of aryl methyl sites for hydroxylation is 1. The molecule has 0 aliphatic carbocycles. The van der Waals surface area contributed by atoms with Gasteiger partial charge in [-0.15, -0.1) is 23.1 Å². The van der Waals surface area contributed by atoms with Crippen LogP contribution in [0.15, 0.2) is 34.5 Å². The largest absolute Gasteiger partial charge is 0.316 e. The van der Waals surface area contributed by atoms with Crippen molar-refractivity contribution in [1.82, 2.24) is 10.3 Å². The number of likely N-dealkylation sites (N-methyl/N-ethyl adjacent to an activating group) is 1. The van der Waals surface area contributed by atoms with Gasteiger partial charge in [-0.1, -0.05) is 18.2 Å². The lowest BCUT2D eigenvalue weighted by atomic mass is 9.91. The van der Waals surface area contributed by atoms with Crippen LogP contribution in [0, 0.1) is 6.92 Å². The quantitative estimate of drug-likeness (QED) is 0.933. The minimum absolute atomic E-state index is 0.474. The maximum atomic E-state index is 4.60. The second kappa shape index (κ2) is 5.65. The molecule has 1 aromatic heterocycles. The molecule has 1 N–H and O–H groups in total. The van der Waals surface area contributed by atoms with Crippen LogP contribution in [-0.4, -0.2) is 23.8 Å². The van der Waals surface area contributed by atoms with Crippen LogP contribution in [0.3, 0.4) is 0 Å². The van der Waals surface area contributed by atoms with Crippen LogP contribution in [0.5, 0.6) is 0 Å². The summed E-state index contributed by atoms with van der Waals surface area (Å²) in [6, 6.07) is 9.27. The van der Waals surface area contributed by atoms with Crippen LogP contribution >= 0.6 is 23.1 Å². The van der Waals surface area contributed by atoms with Crippen molar-refractivity contribution in [3.63, 3.8) is 0 Å². The molecule has 1 aromatic carbocycles. The Morgan fingerprint density at radius 2 is 2.26 bits per heavy atom. The zero-order chi connectivity index (χ0) is 13.2. The number of fused-ring (bicyclic) bond motifs is 1. The second-order valence-electron chi connectivity index (χ2n) is 4.94. The number of thiazole rings is 1. The lowest BCUT2D eigenvalue weighted by molar-refractivity contribution is 0.488. The van der Waals surface area contributed by atoms with Gasteiger partial charge < -0.3 is 5.32 Å². The van der Waals surface area contributed by atoms with Crippen LogP contribution < -0.4 is 5.32 Å². The summed E-state index contributed by atoms with van der Waals surface area (Å²) in [4.78, 5) is 6.04. The molecule has 1 aliphatic heterocycles. The Bertz CT molecular complexity index is 565. The van der Waals surface area contributed by atoms with E-state index in [9.17, 15) is 0 Å². The number of nitrogens with one attached hydrogen (secondary N) is 1. The number of rotatable bonds is 4. The first-order valence-corrected chi connectivity index (χ1v) is 8.44. The average Bonchev–Trinajstić information content (AvgIpc) is 3.02. The van der Waals surface area contributed by atoms with Crippen molar-refractivity contribution in [2.45, 2.75) is 30.2 Å². The molecule has 100 valence electrons. The zero-order valence-electron chi connectivity index (χ0n) is 11.2. The van der Waals surface area contributed by atoms with E-state index in [-0.39, 0.29) is 0 Å². The molecule has 19 heavy (non-hydrogen) atoms. The molecule has 0 saturated heterocycles. The molecular weight excluding hydrogens is 272 g/mol. The van der Waals surface area contributed by atoms with Crippen molar-refractivity contribution in [1.29, 1.82) is 0 Å². The molecule has 0 saturated carbocycles. The highest BCUT2D eigenvalue weighted by Crippen LogP contribution is 2.41. The first-order valence-electron chi connectivity index (χ1n) is 6.58. The highest BCUT2D eigenvalue weighted by molar-refractivity contribution is 7.99. The molecule has 0 fully saturated rings. The van der Waals surface area contributed by atoms with E-state index in [0.717, 1.165) is 12.1 Å². The van der Waals surface area contributed by atoms with Gasteiger partial charge in [0.2, 0.25) is 0 Å². The summed E-state index contributed by atoms with van der Waals surface area (Å²) < 4.78 is 0. The SMILES string of the molecule is CNC(Cc1nc(C)cs1)C1CSc2ccccc21. The van der Waals surface area contributed by atoms with E-state index in [1.54, 1.807) is 11.3 Å². The molecular formula is C15H18N2S2. The standard InChI is InChI=1S/C15H18N2S2/c1-10-8-19-15(17-10)7-13(16-2)12-9-18-14-6-4-3-5-11(12)14/h3-6,8,12-13,16H,7,9H2,1-2H3. The van der Waals surface area contributed by atoms with E-state index in [4.69, 9.17) is 0 Å². The minimum Gasteiger partial charge on any atom is -0.316 e. The van der Waals surface area contributed by atoms with Gasteiger partial charge >= 0.3 is 0 Å². The fourth-order valence-electron chi connectivity index (χ4n) is 2.65. The number of hydrogen-bond acceptors (Lipinski definition) is 4. The summed E-state index contributed by atoms with van der Waals surface area (Å²) in [7, 11) is 2.07. The monoisotopic (exact) mass is 290 g/mol. The molecule has 2 atom stereocenters. The van der Waals surface area contributed by atoms with Crippen molar-refractivity contribution in [2.75, 3.05) is 12.8 Å². The van der Waals surface area contributed by atoms with Gasteiger partial charge in [-0.25, -0.2) is 4.98 Å². The number of nitrogens with zero attached hydrogens (tertiary/aromatic N) is 1. The molecule has 0 bridgehead atoms. The van der Waals surface area contributed by atoms with E-state index in [0.29, 0.717) is 12.0 Å². The molecule has 1 aliphatic rings. The third kappa shape index (κ3) is 2.71. The fraction of sp³-hybridized carbons (Fsp3) is 0.400. The maximum Gasteiger partial charge on any atom is 0.0943 e. The van der Waals surface area contributed by atoms with Crippen LogP contribution in [-0.2, 0) is 6.42 Å². The van der Waals surface area contributed by atoms with Gasteiger partial charge in [-0.2, -0.15) is 0 Å². The van der Waals surface area contributed by atoms with Gasteiger partial charge in [0.1, 0.15) is 0 Å². The third-order valence-corrected chi connectivity index (χ3v) is 5.85. The molecule has 2 aromatic rings. The van der Waals surface area contributed by atoms with E-state index < -0.39 is 0 Å². The second-order valence-corrected chi connectivity index (χ2v) is 6.94. The Morgan fingerprint density at radius 1 is 1.42 bits per heavy atom. The third-order valence-electron chi connectivity index (χ3n) is 3.65. The molecule has 0 amide bonds. The molecule has 0 radical (unpaired) electrons. The van der Waals surface area contributed by atoms with Crippen molar-refractivity contribution in [2.24, 2.45) is 0 Å². The topological polar surface area (TPSA) is 24.9 Å². The molecule has 3 rings (SSSR count). The van der Waals surface area contributed by atoms with Crippen molar-refractivity contribution in [3.05, 3.63) is 45.9 Å². The summed E-state index contributed by atoms with van der Waals surface area (Å²) >= 11 is 3.75. The molecule has 4 heteroatoms. The van der Waals surface area contributed by atoms with Crippen molar-refractivity contribution >= 4 is 23.1 Å². The van der Waals surface area contributed by atoms with Gasteiger partial charge in [0.15, 0.2) is 0 Å². The first-order chi connectivity index (χ1) is 9.28. The van der Waals surface area contributed by atoms with E-state index in [1.165, 1.54) is 21.2 Å². The lowest BCUT2D eigenvalue weighted by Gasteiger charge is -2.22. The van der Waals surface area contributed by atoms with Gasteiger partial charge in [0.25, 0.3) is 0 Å². The van der Waals surface area contributed by atoms with E-state index >= 15 is 0 Å². The Balaban J connectivity index is 1.80. The van der Waals surface area contributed by atoms with Crippen molar-refractivity contribution in [3.8, 4) is 0 Å². The summed E-state index contributed by atoms with van der Waals surface area (Å²) in [5, 5.41) is 6.88. The van der Waals surface area contributed by atoms with Crippen molar-refractivity contribution < 1.29 is 0 Å². The normalized spacial score (nSPS) is 19.4. The predicted molar refractivity (Wildman–Crippen MR) is 83.3 cm³/mol. The number of thioether (sulfide) groups is 1. The summed E-state index contributed by atoms with van der Waals surface area (Å²) in [6.45, 7) is 2.06. The fourth-order valence-corrected chi connectivity index (χ4v) is 4.81. The zero-order valence-corrected chi connectivity index (χ0v) is 12.9. The Morgan fingerprint density at radius 3 is 3.00 bits per heavy atom. The number of aromatic nitrogens is 1. The highest BCUT2D eigenvalue weighted by Gasteiger charge is 2.29. The van der Waals surface area contributed by atoms with Gasteiger partial charge in [0.05, 0.1) is 5.01 Å². The highest BCUT2D eigenvalue weighted by atomic mass is 32.2. The van der Waals surface area contributed by atoms with Gasteiger partial charge in [-0.3, -0.25) is 0 Å². The van der Waals surface area contributed by atoms with Gasteiger partial charge in [-0.05, 0) is 25.6 Å². The summed E-state index contributed by atoms with van der Waals surface area (Å²) in [5.41, 5.74) is 2.64. The summed E-state index contributed by atoms with van der Waals surface area (Å²) in [5.74, 6) is 1.77. The smallest absolute Gasteiger partial charge is 0.0943 e. The molecule has 2 unspecified atom stereocenters. The predicted octanol–water partition coefficient (Wildman–Crippen LogP) is 3.47.